The standard InChI is InChI=1S/C21H17Cl2N5O2/c1-24-16(29)9-7-12-10-11-6-8-15-19(17(11)20(30)25-12)28(2)21(26-15)27-18-13(22)4-3-5-14(18)23/h3-10H,1-2H3,(H,24,29)(H,25,30)(H,26,27). The molecule has 0 aliphatic carbocycles. The predicted octanol–water partition coefficient (Wildman–Crippen LogP) is 4.22. The molecule has 1 amide bonds. The first-order chi connectivity index (χ1) is 14.4. The maximum atomic E-state index is 12.9. The Balaban J connectivity index is 1.85. The van der Waals surface area contributed by atoms with Gasteiger partial charge in [-0.05, 0) is 35.7 Å². The molecule has 0 saturated carbocycles. The first-order valence-corrected chi connectivity index (χ1v) is 9.78. The molecule has 0 radical (unpaired) electrons. The maximum Gasteiger partial charge on any atom is 0.258 e. The van der Waals surface area contributed by atoms with Gasteiger partial charge in [0.15, 0.2) is 0 Å². The second kappa shape index (κ2) is 7.85. The molecule has 0 aliphatic heterocycles. The molecule has 2 aromatic heterocycles. The number of nitrogens with zero attached hydrogens (tertiary/aromatic N) is 2. The Labute approximate surface area is 181 Å². The Bertz CT molecular complexity index is 1370. The second-order valence-corrected chi connectivity index (χ2v) is 7.43. The van der Waals surface area contributed by atoms with Crippen molar-refractivity contribution >= 4 is 68.6 Å². The number of aryl methyl sites for hydroxylation is 1. The Hall–Kier alpha value is -3.29. The van der Waals surface area contributed by atoms with Gasteiger partial charge in [-0.3, -0.25) is 9.59 Å². The first kappa shape index (κ1) is 20.0. The molecule has 0 atom stereocenters. The lowest BCUT2D eigenvalue weighted by Crippen LogP contribution is -2.14. The van der Waals surface area contributed by atoms with E-state index in [1.54, 1.807) is 42.0 Å². The first-order valence-electron chi connectivity index (χ1n) is 9.02. The number of hydrogen-bond donors (Lipinski definition) is 3. The smallest absolute Gasteiger partial charge is 0.258 e. The number of H-pyrrole nitrogens is 1. The molecule has 0 aliphatic rings. The largest absolute Gasteiger partial charge is 0.356 e. The van der Waals surface area contributed by atoms with Gasteiger partial charge in [-0.2, -0.15) is 0 Å². The lowest BCUT2D eigenvalue weighted by atomic mass is 10.1. The van der Waals surface area contributed by atoms with Crippen molar-refractivity contribution in [3.63, 3.8) is 0 Å². The number of anilines is 2. The molecule has 9 heteroatoms. The summed E-state index contributed by atoms with van der Waals surface area (Å²) in [6, 6.07) is 10.7. The van der Waals surface area contributed by atoms with Gasteiger partial charge in [0.05, 0.1) is 32.2 Å². The second-order valence-electron chi connectivity index (χ2n) is 6.61. The topological polar surface area (TPSA) is 91.8 Å². The minimum atomic E-state index is -0.278. The van der Waals surface area contributed by atoms with E-state index in [2.05, 4.69) is 20.6 Å². The van der Waals surface area contributed by atoms with Crippen molar-refractivity contribution in [3.05, 3.63) is 68.6 Å². The van der Waals surface area contributed by atoms with Gasteiger partial charge in [0, 0.05) is 25.9 Å². The van der Waals surface area contributed by atoms with Gasteiger partial charge in [-0.1, -0.05) is 35.3 Å². The monoisotopic (exact) mass is 441 g/mol. The van der Waals surface area contributed by atoms with Crippen LogP contribution in [0.3, 0.4) is 0 Å². The van der Waals surface area contributed by atoms with E-state index in [4.69, 9.17) is 23.2 Å². The van der Waals surface area contributed by atoms with Gasteiger partial charge >= 0.3 is 0 Å². The zero-order chi connectivity index (χ0) is 21.4. The average Bonchev–Trinajstić information content (AvgIpc) is 3.04. The molecule has 0 spiro atoms. The average molecular weight is 442 g/mol. The molecule has 30 heavy (non-hydrogen) atoms. The number of aromatic amines is 1. The summed E-state index contributed by atoms with van der Waals surface area (Å²) in [5.41, 5.74) is 2.11. The fraction of sp³-hybridized carbons (Fsp3) is 0.0952. The summed E-state index contributed by atoms with van der Waals surface area (Å²) in [5.74, 6) is 0.238. The predicted molar refractivity (Wildman–Crippen MR) is 122 cm³/mol. The molecule has 152 valence electrons. The number of nitrogens with one attached hydrogen (secondary N) is 3. The molecule has 4 rings (SSSR count). The number of carbonyl (C=O) groups excluding carboxylic acids is 1. The number of imidazole rings is 1. The van der Waals surface area contributed by atoms with E-state index in [-0.39, 0.29) is 11.5 Å². The van der Waals surface area contributed by atoms with Gasteiger partial charge in [-0.15, -0.1) is 0 Å². The zero-order valence-corrected chi connectivity index (χ0v) is 17.6. The number of pyridine rings is 1. The van der Waals surface area contributed by atoms with E-state index in [0.717, 1.165) is 5.39 Å². The van der Waals surface area contributed by atoms with E-state index in [0.29, 0.717) is 43.8 Å². The molecular formula is C21H17Cl2N5O2. The van der Waals surface area contributed by atoms with Crippen LogP contribution in [0.4, 0.5) is 11.6 Å². The Kier molecular flexibility index (Phi) is 5.24. The van der Waals surface area contributed by atoms with Crippen molar-refractivity contribution < 1.29 is 4.79 Å². The van der Waals surface area contributed by atoms with Crippen LogP contribution < -0.4 is 16.2 Å². The Morgan fingerprint density at radius 3 is 2.63 bits per heavy atom. The van der Waals surface area contributed by atoms with Crippen LogP contribution in [0.25, 0.3) is 27.9 Å². The number of likely N-dealkylation sites (N-methyl/N-ethyl adjacent to an activating group) is 1. The van der Waals surface area contributed by atoms with Crippen molar-refractivity contribution in [1.29, 1.82) is 0 Å². The highest BCUT2D eigenvalue weighted by atomic mass is 35.5. The molecule has 4 aromatic rings. The van der Waals surface area contributed by atoms with Crippen LogP contribution in [0.2, 0.25) is 10.0 Å². The van der Waals surface area contributed by atoms with Gasteiger partial charge in [0.25, 0.3) is 5.56 Å². The maximum absolute atomic E-state index is 12.9. The van der Waals surface area contributed by atoms with Gasteiger partial charge in [0.2, 0.25) is 11.9 Å². The van der Waals surface area contributed by atoms with Crippen LogP contribution in [0, 0.1) is 0 Å². The minimum Gasteiger partial charge on any atom is -0.356 e. The van der Waals surface area contributed by atoms with Gasteiger partial charge < -0.3 is 20.2 Å². The molecule has 2 heterocycles. The summed E-state index contributed by atoms with van der Waals surface area (Å²) >= 11 is 12.5. The summed E-state index contributed by atoms with van der Waals surface area (Å²) in [7, 11) is 3.34. The van der Waals surface area contributed by atoms with E-state index in [1.165, 1.54) is 13.1 Å². The van der Waals surface area contributed by atoms with Crippen molar-refractivity contribution in [1.82, 2.24) is 19.9 Å². The number of rotatable bonds is 4. The third kappa shape index (κ3) is 3.53. The molecule has 0 unspecified atom stereocenters. The van der Waals surface area contributed by atoms with Crippen molar-refractivity contribution in [2.45, 2.75) is 0 Å². The normalized spacial score (nSPS) is 11.5. The van der Waals surface area contributed by atoms with Crippen molar-refractivity contribution in [3.8, 4) is 0 Å². The molecule has 0 saturated heterocycles. The Morgan fingerprint density at radius 2 is 1.93 bits per heavy atom. The number of halogens is 2. The van der Waals surface area contributed by atoms with Crippen LogP contribution in [-0.2, 0) is 11.8 Å². The van der Waals surface area contributed by atoms with Gasteiger partial charge in [0.1, 0.15) is 0 Å². The van der Waals surface area contributed by atoms with Crippen molar-refractivity contribution in [2.24, 2.45) is 7.05 Å². The number of carbonyl (C=O) groups is 1. The summed E-state index contributed by atoms with van der Waals surface area (Å²) in [6.07, 6.45) is 2.91. The molecule has 2 aromatic carbocycles. The summed E-state index contributed by atoms with van der Waals surface area (Å²) < 4.78 is 1.78. The van der Waals surface area contributed by atoms with Crippen LogP contribution in [-0.4, -0.2) is 27.5 Å². The highest BCUT2D eigenvalue weighted by Gasteiger charge is 2.16. The molecule has 7 nitrogen and oxygen atoms in total. The van der Waals surface area contributed by atoms with Crippen LogP contribution in [0.5, 0.6) is 0 Å². The van der Waals surface area contributed by atoms with Gasteiger partial charge in [-0.25, -0.2) is 4.98 Å². The Morgan fingerprint density at radius 1 is 1.20 bits per heavy atom. The third-order valence-corrected chi connectivity index (χ3v) is 5.35. The number of benzene rings is 2. The zero-order valence-electron chi connectivity index (χ0n) is 16.1. The quantitative estimate of drug-likeness (QED) is 0.413. The molecule has 3 N–H and O–H groups in total. The highest BCUT2D eigenvalue weighted by molar-refractivity contribution is 6.39. The fourth-order valence-electron chi connectivity index (χ4n) is 3.26. The summed E-state index contributed by atoms with van der Waals surface area (Å²) in [4.78, 5) is 31.7. The lowest BCUT2D eigenvalue weighted by molar-refractivity contribution is -0.115. The molecule has 0 fully saturated rings. The number of fused-ring (bicyclic) bond motifs is 3. The SMILES string of the molecule is CNC(=O)C=Cc1cc2ccc3nc(Nc4c(Cl)cccc4Cl)n(C)c3c2c(=O)[nH]1. The van der Waals surface area contributed by atoms with E-state index in [1.807, 2.05) is 12.1 Å². The molecule has 0 bridgehead atoms. The number of para-hydroxylation sites is 1. The van der Waals surface area contributed by atoms with Crippen LogP contribution in [0.15, 0.2) is 47.3 Å². The summed E-state index contributed by atoms with van der Waals surface area (Å²) in [5, 5.41) is 7.80. The van der Waals surface area contributed by atoms with E-state index in [9.17, 15) is 9.59 Å². The minimum absolute atomic E-state index is 0.257. The van der Waals surface area contributed by atoms with E-state index >= 15 is 0 Å². The summed E-state index contributed by atoms with van der Waals surface area (Å²) in [6.45, 7) is 0. The number of hydrogen-bond acceptors (Lipinski definition) is 4. The van der Waals surface area contributed by atoms with E-state index < -0.39 is 0 Å². The third-order valence-electron chi connectivity index (χ3n) is 4.72. The number of aromatic nitrogens is 3. The van der Waals surface area contributed by atoms with Crippen LogP contribution in [0.1, 0.15) is 5.69 Å². The highest BCUT2D eigenvalue weighted by Crippen LogP contribution is 2.34. The lowest BCUT2D eigenvalue weighted by Gasteiger charge is -2.10. The van der Waals surface area contributed by atoms with Crippen LogP contribution >= 0.6 is 23.2 Å². The number of amides is 1. The fourth-order valence-corrected chi connectivity index (χ4v) is 3.75. The van der Waals surface area contributed by atoms with Crippen molar-refractivity contribution in [2.75, 3.05) is 12.4 Å². The molecular weight excluding hydrogens is 425 g/mol.